The Morgan fingerprint density at radius 1 is 1.12 bits per heavy atom. The smallest absolute Gasteiger partial charge is 0.366 e. The minimum Gasteiger partial charge on any atom is -0.366 e. The molecule has 0 fully saturated rings. The van der Waals surface area contributed by atoms with Crippen molar-refractivity contribution in [2.75, 3.05) is 13.6 Å². The largest absolute Gasteiger partial charge is 0.417 e. The first kappa shape index (κ1) is 20.3. The maximum absolute atomic E-state index is 13.1. The van der Waals surface area contributed by atoms with Gasteiger partial charge in [0.05, 0.1) is 22.6 Å². The average molecular weight is 383 g/mol. The van der Waals surface area contributed by atoms with Crippen molar-refractivity contribution in [3.05, 3.63) is 63.2 Å². The fraction of sp³-hybridized carbons (Fsp3) is 0.350. The van der Waals surface area contributed by atoms with Crippen molar-refractivity contribution in [3.63, 3.8) is 0 Å². The van der Waals surface area contributed by atoms with E-state index in [1.54, 1.807) is 12.4 Å². The highest BCUT2D eigenvalue weighted by Gasteiger charge is 2.33. The van der Waals surface area contributed by atoms with E-state index in [0.717, 1.165) is 35.0 Å². The first-order chi connectivity index (χ1) is 12.1. The predicted molar refractivity (Wildman–Crippen MR) is 102 cm³/mol. The molecule has 0 radical (unpaired) electrons. The Morgan fingerprint density at radius 3 is 2.27 bits per heavy atom. The van der Waals surface area contributed by atoms with E-state index in [9.17, 15) is 13.2 Å². The van der Waals surface area contributed by atoms with Gasteiger partial charge in [0.25, 0.3) is 0 Å². The summed E-state index contributed by atoms with van der Waals surface area (Å²) in [5, 5.41) is -0.278. The molecular formula is C20H22ClF3N2. The first-order valence-corrected chi connectivity index (χ1v) is 8.69. The van der Waals surface area contributed by atoms with Crippen LogP contribution in [-0.2, 0) is 12.6 Å². The van der Waals surface area contributed by atoms with Crippen molar-refractivity contribution < 1.29 is 13.2 Å². The number of nitrogens with zero attached hydrogens (tertiary/aromatic N) is 2. The molecule has 0 saturated heterocycles. The fourth-order valence-corrected chi connectivity index (χ4v) is 2.90. The molecule has 0 aromatic heterocycles. The van der Waals surface area contributed by atoms with Gasteiger partial charge in [-0.2, -0.15) is 13.2 Å². The van der Waals surface area contributed by atoms with Crippen LogP contribution in [0.3, 0.4) is 0 Å². The van der Waals surface area contributed by atoms with Crippen LogP contribution >= 0.6 is 11.6 Å². The van der Waals surface area contributed by atoms with Gasteiger partial charge >= 0.3 is 6.18 Å². The molecule has 0 bridgehead atoms. The summed E-state index contributed by atoms with van der Waals surface area (Å²) in [6.45, 7) is 6.79. The van der Waals surface area contributed by atoms with Crippen molar-refractivity contribution in [2.24, 2.45) is 4.99 Å². The minimum atomic E-state index is -4.46. The topological polar surface area (TPSA) is 15.6 Å². The van der Waals surface area contributed by atoms with E-state index in [-0.39, 0.29) is 5.02 Å². The first-order valence-electron chi connectivity index (χ1n) is 8.32. The Hall–Kier alpha value is -2.01. The third-order valence-corrected chi connectivity index (χ3v) is 4.63. The molecule has 2 rings (SSSR count). The quantitative estimate of drug-likeness (QED) is 0.445. The van der Waals surface area contributed by atoms with Crippen molar-refractivity contribution in [3.8, 4) is 0 Å². The number of halogens is 4. The van der Waals surface area contributed by atoms with Gasteiger partial charge in [0.1, 0.15) is 0 Å². The summed E-state index contributed by atoms with van der Waals surface area (Å²) < 4.78 is 39.2. The number of aryl methyl sites for hydroxylation is 2. The van der Waals surface area contributed by atoms with Gasteiger partial charge in [0.2, 0.25) is 0 Å². The molecule has 0 aliphatic heterocycles. The molecule has 0 aliphatic carbocycles. The van der Waals surface area contributed by atoms with Gasteiger partial charge in [0.15, 0.2) is 0 Å². The Morgan fingerprint density at radius 2 is 1.73 bits per heavy atom. The van der Waals surface area contributed by atoms with Gasteiger partial charge < -0.3 is 4.90 Å². The predicted octanol–water partition coefficient (Wildman–Crippen LogP) is 6.18. The molecule has 0 unspecified atom stereocenters. The van der Waals surface area contributed by atoms with Crippen LogP contribution in [0.1, 0.15) is 34.7 Å². The van der Waals surface area contributed by atoms with Crippen molar-refractivity contribution >= 4 is 23.6 Å². The Balaban J connectivity index is 2.32. The zero-order valence-corrected chi connectivity index (χ0v) is 16.0. The Bertz CT molecular complexity index is 790. The molecule has 2 aromatic carbocycles. The summed E-state index contributed by atoms with van der Waals surface area (Å²) in [6, 6.07) is 7.97. The lowest BCUT2D eigenvalue weighted by atomic mass is 9.94. The molecule has 2 aromatic rings. The molecule has 2 nitrogen and oxygen atoms in total. The van der Waals surface area contributed by atoms with Crippen LogP contribution in [-0.4, -0.2) is 24.8 Å². The van der Waals surface area contributed by atoms with E-state index in [0.29, 0.717) is 12.0 Å². The Labute approximate surface area is 157 Å². The molecule has 0 saturated carbocycles. The van der Waals surface area contributed by atoms with E-state index in [2.05, 4.69) is 4.99 Å². The molecule has 0 spiro atoms. The van der Waals surface area contributed by atoms with Gasteiger partial charge in [-0.15, -0.1) is 0 Å². The zero-order valence-electron chi connectivity index (χ0n) is 15.3. The number of aliphatic imine (C=N–C) groups is 1. The van der Waals surface area contributed by atoms with Gasteiger partial charge in [-0.1, -0.05) is 17.7 Å². The lowest BCUT2D eigenvalue weighted by Crippen LogP contribution is -2.14. The van der Waals surface area contributed by atoms with Crippen LogP contribution in [0.5, 0.6) is 0 Å². The number of alkyl halides is 3. The van der Waals surface area contributed by atoms with Crippen molar-refractivity contribution in [1.29, 1.82) is 0 Å². The van der Waals surface area contributed by atoms with Crippen LogP contribution < -0.4 is 0 Å². The summed E-state index contributed by atoms with van der Waals surface area (Å²) >= 11 is 5.70. The highest BCUT2D eigenvalue weighted by molar-refractivity contribution is 6.31. The van der Waals surface area contributed by atoms with Crippen molar-refractivity contribution in [2.45, 2.75) is 33.4 Å². The fourth-order valence-electron chi connectivity index (χ4n) is 2.67. The summed E-state index contributed by atoms with van der Waals surface area (Å²) in [4.78, 5) is 6.40. The molecule has 26 heavy (non-hydrogen) atoms. The second-order valence-corrected chi connectivity index (χ2v) is 6.77. The van der Waals surface area contributed by atoms with Crippen LogP contribution in [0.2, 0.25) is 5.02 Å². The van der Waals surface area contributed by atoms with E-state index in [4.69, 9.17) is 11.6 Å². The van der Waals surface area contributed by atoms with Crippen LogP contribution in [0.4, 0.5) is 18.9 Å². The van der Waals surface area contributed by atoms with Gasteiger partial charge in [0, 0.05) is 13.6 Å². The van der Waals surface area contributed by atoms with Crippen molar-refractivity contribution in [1.82, 2.24) is 4.90 Å². The summed E-state index contributed by atoms with van der Waals surface area (Å²) in [6.07, 6.45) is -2.28. The maximum Gasteiger partial charge on any atom is 0.417 e. The van der Waals surface area contributed by atoms with Gasteiger partial charge in [-0.25, -0.2) is 4.99 Å². The van der Waals surface area contributed by atoms with E-state index >= 15 is 0 Å². The monoisotopic (exact) mass is 382 g/mol. The summed E-state index contributed by atoms with van der Waals surface area (Å²) in [5.74, 6) is 0. The average Bonchev–Trinajstić information content (AvgIpc) is 2.56. The highest BCUT2D eigenvalue weighted by Crippen LogP contribution is 2.36. The molecule has 0 aliphatic rings. The lowest BCUT2D eigenvalue weighted by Gasteiger charge is -2.14. The highest BCUT2D eigenvalue weighted by atomic mass is 35.5. The standard InChI is InChI=1S/C20H22ClF3N2/c1-5-26(4)12-25-16-8-13(2)17(14(3)9-16)10-15-6-7-19(21)18(11-15)20(22,23)24/h6-9,11-12H,5,10H2,1-4H3. The SMILES string of the molecule is CCN(C)C=Nc1cc(C)c(Cc2ccc(Cl)c(C(F)(F)F)c2)c(C)c1. The molecule has 0 amide bonds. The normalized spacial score (nSPS) is 12.0. The van der Waals surface area contributed by atoms with Gasteiger partial charge in [-0.3, -0.25) is 0 Å². The minimum absolute atomic E-state index is 0.278. The lowest BCUT2D eigenvalue weighted by molar-refractivity contribution is -0.137. The van der Waals surface area contributed by atoms with E-state index < -0.39 is 11.7 Å². The van der Waals surface area contributed by atoms with Gasteiger partial charge in [-0.05, 0) is 73.7 Å². The number of benzene rings is 2. The Kier molecular flexibility index (Phi) is 6.34. The van der Waals surface area contributed by atoms with Crippen LogP contribution in [0, 0.1) is 13.8 Å². The zero-order chi connectivity index (χ0) is 19.5. The molecular weight excluding hydrogens is 361 g/mol. The van der Waals surface area contributed by atoms with Crippen LogP contribution in [0.15, 0.2) is 35.3 Å². The van der Waals surface area contributed by atoms with Crippen LogP contribution in [0.25, 0.3) is 0 Å². The van der Waals surface area contributed by atoms with E-state index in [1.807, 2.05) is 44.9 Å². The van der Waals surface area contributed by atoms with E-state index in [1.165, 1.54) is 6.07 Å². The number of rotatable bonds is 5. The molecule has 0 N–H and O–H groups in total. The second-order valence-electron chi connectivity index (χ2n) is 6.36. The third kappa shape index (κ3) is 5.01. The number of hydrogen-bond donors (Lipinski definition) is 0. The molecule has 140 valence electrons. The molecule has 0 heterocycles. The summed E-state index contributed by atoms with van der Waals surface area (Å²) in [7, 11) is 1.94. The third-order valence-electron chi connectivity index (χ3n) is 4.30. The maximum atomic E-state index is 13.1. The molecule has 6 heteroatoms. The second kappa shape index (κ2) is 8.12. The summed E-state index contributed by atoms with van der Waals surface area (Å²) in [5.41, 5.74) is 3.62. The number of hydrogen-bond acceptors (Lipinski definition) is 1. The molecule has 0 atom stereocenters.